The molecule has 0 saturated carbocycles. The van der Waals surface area contributed by atoms with Gasteiger partial charge >= 0.3 is 10.2 Å². The van der Waals surface area contributed by atoms with Crippen LogP contribution in [0.1, 0.15) is 32.8 Å². The molecule has 0 unspecified atom stereocenters. The lowest BCUT2D eigenvalue weighted by atomic mass is 10.1. The highest BCUT2D eigenvalue weighted by Gasteiger charge is 2.35. The number of para-hydroxylation sites is 1. The van der Waals surface area contributed by atoms with E-state index in [2.05, 4.69) is 5.32 Å². The lowest BCUT2D eigenvalue weighted by molar-refractivity contribution is -0.140. The molecule has 0 heterocycles. The van der Waals surface area contributed by atoms with Crippen molar-refractivity contribution in [2.24, 2.45) is 5.92 Å². The Labute approximate surface area is 228 Å². The first-order valence-electron chi connectivity index (χ1n) is 11.7. The maximum Gasteiger partial charge on any atom is 0.304 e. The van der Waals surface area contributed by atoms with Crippen molar-refractivity contribution in [1.82, 2.24) is 14.5 Å². The van der Waals surface area contributed by atoms with Gasteiger partial charge in [0.1, 0.15) is 18.4 Å². The molecule has 2 rings (SSSR count). The van der Waals surface area contributed by atoms with Crippen LogP contribution in [-0.4, -0.2) is 62.7 Å². The second kappa shape index (κ2) is 13.4. The van der Waals surface area contributed by atoms with Crippen LogP contribution < -0.4 is 9.62 Å². The molecule has 0 aliphatic rings. The summed E-state index contributed by atoms with van der Waals surface area (Å²) in [4.78, 5) is 28.1. The Bertz CT molecular complexity index is 1210. The summed E-state index contributed by atoms with van der Waals surface area (Å²) in [7, 11) is -1.70. The Kier molecular flexibility index (Phi) is 11.2. The highest BCUT2D eigenvalue weighted by molar-refractivity contribution is 7.90. The fraction of sp³-hybridized carbons (Fsp3) is 0.440. The van der Waals surface area contributed by atoms with Crippen molar-refractivity contribution in [3.05, 3.63) is 63.9 Å². The Morgan fingerprint density at radius 1 is 1.08 bits per heavy atom. The first-order valence-corrected chi connectivity index (χ1v) is 13.9. The summed E-state index contributed by atoms with van der Waals surface area (Å²) >= 11 is 12.4. The third-order valence-corrected chi connectivity index (χ3v) is 7.96. The molecular formula is C25H33Cl2FN4O4S. The summed E-state index contributed by atoms with van der Waals surface area (Å²) in [5.74, 6) is -1.72. The van der Waals surface area contributed by atoms with E-state index in [-0.39, 0.29) is 35.5 Å². The minimum atomic E-state index is -4.27. The molecule has 1 N–H and O–H groups in total. The van der Waals surface area contributed by atoms with Crippen LogP contribution in [0.15, 0.2) is 42.5 Å². The van der Waals surface area contributed by atoms with Crippen LogP contribution in [-0.2, 0) is 26.3 Å². The van der Waals surface area contributed by atoms with E-state index < -0.39 is 34.5 Å². The molecule has 2 aromatic carbocycles. The molecule has 0 spiro atoms. The van der Waals surface area contributed by atoms with Gasteiger partial charge in [-0.15, -0.1) is 0 Å². The average Bonchev–Trinajstić information content (AvgIpc) is 2.82. The molecule has 2 aromatic rings. The van der Waals surface area contributed by atoms with Crippen molar-refractivity contribution in [2.75, 3.05) is 31.5 Å². The molecule has 8 nitrogen and oxygen atoms in total. The number of carbonyl (C=O) groups excluding carboxylic acids is 2. The number of rotatable bonds is 12. The van der Waals surface area contributed by atoms with Crippen LogP contribution in [0.5, 0.6) is 0 Å². The van der Waals surface area contributed by atoms with E-state index >= 15 is 0 Å². The van der Waals surface area contributed by atoms with Gasteiger partial charge in [-0.2, -0.15) is 12.7 Å². The molecule has 0 aliphatic carbocycles. The van der Waals surface area contributed by atoms with Gasteiger partial charge in [0.25, 0.3) is 0 Å². The number of hydrogen-bond acceptors (Lipinski definition) is 4. The van der Waals surface area contributed by atoms with Crippen LogP contribution in [0.25, 0.3) is 0 Å². The van der Waals surface area contributed by atoms with Crippen molar-refractivity contribution in [2.45, 2.75) is 39.8 Å². The van der Waals surface area contributed by atoms with E-state index in [0.717, 1.165) is 10.4 Å². The first-order chi connectivity index (χ1) is 17.3. The summed E-state index contributed by atoms with van der Waals surface area (Å²) in [6.45, 7) is 5.20. The number of anilines is 1. The van der Waals surface area contributed by atoms with Crippen molar-refractivity contribution in [1.29, 1.82) is 0 Å². The van der Waals surface area contributed by atoms with Gasteiger partial charge in [0.05, 0.1) is 5.69 Å². The molecule has 0 aliphatic heterocycles. The average molecular weight is 576 g/mol. The Morgan fingerprint density at radius 2 is 1.73 bits per heavy atom. The van der Waals surface area contributed by atoms with Gasteiger partial charge in [0.2, 0.25) is 11.8 Å². The van der Waals surface area contributed by atoms with Crippen molar-refractivity contribution >= 4 is 50.9 Å². The number of hydrogen-bond donors (Lipinski definition) is 1. The van der Waals surface area contributed by atoms with Crippen molar-refractivity contribution in [3.63, 3.8) is 0 Å². The van der Waals surface area contributed by atoms with Crippen molar-refractivity contribution in [3.8, 4) is 0 Å². The van der Waals surface area contributed by atoms with Gasteiger partial charge in [-0.05, 0) is 42.2 Å². The van der Waals surface area contributed by atoms with E-state index in [9.17, 15) is 22.4 Å². The van der Waals surface area contributed by atoms with Gasteiger partial charge in [0, 0.05) is 37.2 Å². The number of carbonyl (C=O) groups is 2. The van der Waals surface area contributed by atoms with Crippen LogP contribution >= 0.6 is 23.2 Å². The lowest BCUT2D eigenvalue weighted by Crippen LogP contribution is -2.53. The topological polar surface area (TPSA) is 90.0 Å². The molecule has 2 amide bonds. The molecule has 37 heavy (non-hydrogen) atoms. The van der Waals surface area contributed by atoms with Gasteiger partial charge in [0.15, 0.2) is 0 Å². The highest BCUT2D eigenvalue weighted by atomic mass is 35.5. The SMILES string of the molecule is CC[C@@H](C(=O)NCC(C)C)N(Cc1ccc(Cl)cc1Cl)C(=O)CN(c1ccccc1F)S(=O)(=O)N(C)C. The normalized spacial score (nSPS) is 12.5. The van der Waals surface area contributed by atoms with E-state index in [1.807, 2.05) is 13.8 Å². The van der Waals surface area contributed by atoms with Crippen LogP contribution in [0.2, 0.25) is 10.0 Å². The smallest absolute Gasteiger partial charge is 0.304 e. The third kappa shape index (κ3) is 8.04. The predicted molar refractivity (Wildman–Crippen MR) is 145 cm³/mol. The largest absolute Gasteiger partial charge is 0.354 e. The van der Waals surface area contributed by atoms with Gasteiger partial charge in [-0.1, -0.05) is 62.2 Å². The number of nitrogens with zero attached hydrogens (tertiary/aromatic N) is 3. The fourth-order valence-corrected chi connectivity index (χ4v) is 5.06. The van der Waals surface area contributed by atoms with E-state index in [1.54, 1.807) is 19.1 Å². The van der Waals surface area contributed by atoms with Gasteiger partial charge in [-0.25, -0.2) is 8.70 Å². The van der Waals surface area contributed by atoms with E-state index in [1.165, 1.54) is 43.3 Å². The molecule has 0 radical (unpaired) electrons. The van der Waals surface area contributed by atoms with Gasteiger partial charge < -0.3 is 10.2 Å². The number of nitrogens with one attached hydrogen (secondary N) is 1. The molecule has 1 atom stereocenters. The molecule has 12 heteroatoms. The molecular weight excluding hydrogens is 542 g/mol. The van der Waals surface area contributed by atoms with Crippen molar-refractivity contribution < 1.29 is 22.4 Å². The zero-order valence-electron chi connectivity index (χ0n) is 21.5. The maximum atomic E-state index is 14.7. The van der Waals surface area contributed by atoms with Crippen LogP contribution in [0.3, 0.4) is 0 Å². The molecule has 0 bridgehead atoms. The fourth-order valence-electron chi connectivity index (χ4n) is 3.53. The summed E-state index contributed by atoms with van der Waals surface area (Å²) in [6.07, 6.45) is 0.251. The zero-order valence-corrected chi connectivity index (χ0v) is 23.9. The molecule has 0 aromatic heterocycles. The summed E-state index contributed by atoms with van der Waals surface area (Å²) in [6, 6.07) is 9.10. The predicted octanol–water partition coefficient (Wildman–Crippen LogP) is 4.32. The van der Waals surface area contributed by atoms with Crippen LogP contribution in [0, 0.1) is 11.7 Å². The Morgan fingerprint density at radius 3 is 2.27 bits per heavy atom. The summed E-state index contributed by atoms with van der Waals surface area (Å²) in [5, 5.41) is 3.52. The molecule has 204 valence electrons. The van der Waals surface area contributed by atoms with Gasteiger partial charge in [-0.3, -0.25) is 9.59 Å². The third-order valence-electron chi connectivity index (χ3n) is 5.57. The Hall–Kier alpha value is -2.40. The monoisotopic (exact) mass is 574 g/mol. The number of amides is 2. The Balaban J connectivity index is 2.54. The highest BCUT2D eigenvalue weighted by Crippen LogP contribution is 2.26. The second-order valence-corrected chi connectivity index (χ2v) is 12.0. The zero-order chi connectivity index (χ0) is 27.9. The quantitative estimate of drug-likeness (QED) is 0.408. The van der Waals surface area contributed by atoms with Crippen LogP contribution in [0.4, 0.5) is 10.1 Å². The van der Waals surface area contributed by atoms with E-state index in [0.29, 0.717) is 21.4 Å². The summed E-state index contributed by atoms with van der Waals surface area (Å²) in [5.41, 5.74) is 0.230. The van der Waals surface area contributed by atoms with E-state index in [4.69, 9.17) is 23.2 Å². The number of halogens is 3. The summed E-state index contributed by atoms with van der Waals surface area (Å²) < 4.78 is 42.6. The minimum absolute atomic E-state index is 0.0877. The maximum absolute atomic E-state index is 14.7. The lowest BCUT2D eigenvalue weighted by Gasteiger charge is -2.34. The minimum Gasteiger partial charge on any atom is -0.354 e. The number of benzene rings is 2. The molecule has 0 saturated heterocycles. The molecule has 0 fully saturated rings. The second-order valence-electron chi connectivity index (χ2n) is 9.07. The standard InChI is InChI=1S/C25H33Cl2FN4O4S/c1-6-22(25(34)29-14-17(2)3)31(15-18-11-12-19(26)13-20(18)27)24(33)16-32(37(35,36)30(4)5)23-10-8-7-9-21(23)28/h7-13,17,22H,6,14-16H2,1-5H3,(H,29,34)/t22-/m0/s1. The first kappa shape index (κ1) is 30.8.